The van der Waals surface area contributed by atoms with Crippen LogP contribution in [0.1, 0.15) is 16.7 Å². The number of hydrogen-bond donors (Lipinski definition) is 1. The SMILES string of the molecule is Cc1cc(N)c(Cl)c(C)c1C. The van der Waals surface area contributed by atoms with Crippen molar-refractivity contribution in [3.05, 3.63) is 27.8 Å². The topological polar surface area (TPSA) is 26.0 Å². The first-order chi connectivity index (χ1) is 5.04. The number of hydrogen-bond acceptors (Lipinski definition) is 1. The smallest absolute Gasteiger partial charge is 0.0667 e. The van der Waals surface area contributed by atoms with Crippen LogP contribution in [0.5, 0.6) is 0 Å². The van der Waals surface area contributed by atoms with Crippen LogP contribution in [0.15, 0.2) is 6.07 Å². The lowest BCUT2D eigenvalue weighted by Crippen LogP contribution is -1.94. The first-order valence-electron chi connectivity index (χ1n) is 3.56. The lowest BCUT2D eigenvalue weighted by atomic mass is 10.0. The molecule has 0 aliphatic heterocycles. The van der Waals surface area contributed by atoms with Crippen LogP contribution >= 0.6 is 11.6 Å². The van der Waals surface area contributed by atoms with Gasteiger partial charge in [0.2, 0.25) is 0 Å². The van der Waals surface area contributed by atoms with E-state index in [1.165, 1.54) is 11.1 Å². The van der Waals surface area contributed by atoms with E-state index in [9.17, 15) is 0 Å². The van der Waals surface area contributed by atoms with E-state index in [1.54, 1.807) is 0 Å². The van der Waals surface area contributed by atoms with E-state index < -0.39 is 0 Å². The molecule has 11 heavy (non-hydrogen) atoms. The van der Waals surface area contributed by atoms with Gasteiger partial charge in [0, 0.05) is 0 Å². The fourth-order valence-corrected chi connectivity index (χ4v) is 1.28. The van der Waals surface area contributed by atoms with Gasteiger partial charge in [-0.2, -0.15) is 0 Å². The number of anilines is 1. The highest BCUT2D eigenvalue weighted by atomic mass is 35.5. The normalized spacial score (nSPS) is 10.2. The Labute approximate surface area is 72.2 Å². The van der Waals surface area contributed by atoms with Gasteiger partial charge in [0.25, 0.3) is 0 Å². The van der Waals surface area contributed by atoms with E-state index in [-0.39, 0.29) is 0 Å². The average molecular weight is 170 g/mol. The Kier molecular flexibility index (Phi) is 2.10. The van der Waals surface area contributed by atoms with E-state index in [0.29, 0.717) is 10.7 Å². The van der Waals surface area contributed by atoms with Gasteiger partial charge in [-0.25, -0.2) is 0 Å². The van der Waals surface area contributed by atoms with Gasteiger partial charge < -0.3 is 5.73 Å². The summed E-state index contributed by atoms with van der Waals surface area (Å²) in [5, 5.41) is 0.688. The minimum absolute atomic E-state index is 0.673. The molecule has 0 aliphatic carbocycles. The van der Waals surface area contributed by atoms with Crippen molar-refractivity contribution in [1.82, 2.24) is 0 Å². The Balaban J connectivity index is 3.46. The van der Waals surface area contributed by atoms with Crippen LogP contribution < -0.4 is 5.73 Å². The molecule has 1 rings (SSSR count). The first kappa shape index (κ1) is 8.41. The highest BCUT2D eigenvalue weighted by Crippen LogP contribution is 2.27. The standard InChI is InChI=1S/C9H12ClN/c1-5-4-8(11)9(10)7(3)6(5)2/h4H,11H2,1-3H3. The largest absolute Gasteiger partial charge is 0.398 e. The molecule has 1 aromatic carbocycles. The fourth-order valence-electron chi connectivity index (χ4n) is 1.08. The zero-order valence-corrected chi connectivity index (χ0v) is 7.79. The summed E-state index contributed by atoms with van der Waals surface area (Å²) in [5.74, 6) is 0. The molecule has 0 saturated heterocycles. The van der Waals surface area contributed by atoms with Gasteiger partial charge in [-0.1, -0.05) is 11.6 Å². The van der Waals surface area contributed by atoms with Crippen LogP contribution in [-0.4, -0.2) is 0 Å². The van der Waals surface area contributed by atoms with E-state index in [2.05, 4.69) is 6.92 Å². The molecule has 0 fully saturated rings. The van der Waals surface area contributed by atoms with Crippen LogP contribution in [0.2, 0.25) is 5.02 Å². The van der Waals surface area contributed by atoms with Crippen molar-refractivity contribution in [1.29, 1.82) is 0 Å². The van der Waals surface area contributed by atoms with Gasteiger partial charge in [0.05, 0.1) is 10.7 Å². The van der Waals surface area contributed by atoms with Crippen molar-refractivity contribution in [2.75, 3.05) is 5.73 Å². The molecule has 0 radical (unpaired) electrons. The van der Waals surface area contributed by atoms with Gasteiger partial charge in [0.1, 0.15) is 0 Å². The Morgan fingerprint density at radius 2 is 1.73 bits per heavy atom. The van der Waals surface area contributed by atoms with E-state index in [1.807, 2.05) is 19.9 Å². The Morgan fingerprint density at radius 3 is 2.27 bits per heavy atom. The van der Waals surface area contributed by atoms with Gasteiger partial charge >= 0.3 is 0 Å². The van der Waals surface area contributed by atoms with E-state index >= 15 is 0 Å². The maximum atomic E-state index is 5.93. The average Bonchev–Trinajstić information content (AvgIpc) is 1.97. The third kappa shape index (κ3) is 1.33. The number of nitrogens with two attached hydrogens (primary N) is 1. The van der Waals surface area contributed by atoms with E-state index in [0.717, 1.165) is 5.56 Å². The van der Waals surface area contributed by atoms with Crippen molar-refractivity contribution < 1.29 is 0 Å². The van der Waals surface area contributed by atoms with Gasteiger partial charge in [-0.05, 0) is 43.5 Å². The van der Waals surface area contributed by atoms with Crippen LogP contribution in [0.25, 0.3) is 0 Å². The highest BCUT2D eigenvalue weighted by Gasteiger charge is 2.04. The molecule has 0 atom stereocenters. The summed E-state index contributed by atoms with van der Waals surface area (Å²) in [4.78, 5) is 0. The molecule has 0 spiro atoms. The zero-order valence-electron chi connectivity index (χ0n) is 7.03. The molecular formula is C9H12ClN. The minimum Gasteiger partial charge on any atom is -0.398 e. The lowest BCUT2D eigenvalue weighted by molar-refractivity contribution is 1.27. The molecule has 1 aromatic rings. The van der Waals surface area contributed by atoms with Gasteiger partial charge in [-0.3, -0.25) is 0 Å². The highest BCUT2D eigenvalue weighted by molar-refractivity contribution is 6.33. The maximum Gasteiger partial charge on any atom is 0.0667 e. The van der Waals surface area contributed by atoms with Crippen LogP contribution in [0.4, 0.5) is 5.69 Å². The van der Waals surface area contributed by atoms with Crippen LogP contribution in [-0.2, 0) is 0 Å². The summed E-state index contributed by atoms with van der Waals surface area (Å²) in [6.07, 6.45) is 0. The number of halogens is 1. The molecule has 60 valence electrons. The summed E-state index contributed by atoms with van der Waals surface area (Å²) in [6.45, 7) is 6.08. The summed E-state index contributed by atoms with van der Waals surface area (Å²) in [7, 11) is 0. The molecule has 0 saturated carbocycles. The first-order valence-corrected chi connectivity index (χ1v) is 3.93. The molecule has 2 heteroatoms. The lowest BCUT2D eigenvalue weighted by Gasteiger charge is -2.08. The second kappa shape index (κ2) is 2.74. The molecular weight excluding hydrogens is 158 g/mol. The molecule has 0 amide bonds. The molecule has 0 heterocycles. The molecule has 1 nitrogen and oxygen atoms in total. The Bertz CT molecular complexity index is 266. The van der Waals surface area contributed by atoms with Crippen molar-refractivity contribution in [3.8, 4) is 0 Å². The third-order valence-electron chi connectivity index (χ3n) is 2.11. The van der Waals surface area contributed by atoms with Crippen molar-refractivity contribution in [2.24, 2.45) is 0 Å². The van der Waals surface area contributed by atoms with Crippen molar-refractivity contribution in [2.45, 2.75) is 20.8 Å². The summed E-state index contributed by atoms with van der Waals surface area (Å²) in [5.41, 5.74) is 9.84. The summed E-state index contributed by atoms with van der Waals surface area (Å²) in [6, 6.07) is 1.91. The van der Waals surface area contributed by atoms with Crippen LogP contribution in [0, 0.1) is 20.8 Å². The maximum absolute atomic E-state index is 5.93. The summed E-state index contributed by atoms with van der Waals surface area (Å²) < 4.78 is 0. The summed E-state index contributed by atoms with van der Waals surface area (Å²) >= 11 is 5.93. The van der Waals surface area contributed by atoms with Crippen molar-refractivity contribution in [3.63, 3.8) is 0 Å². The predicted octanol–water partition coefficient (Wildman–Crippen LogP) is 2.85. The van der Waals surface area contributed by atoms with Crippen LogP contribution in [0.3, 0.4) is 0 Å². The number of benzene rings is 1. The second-order valence-electron chi connectivity index (χ2n) is 2.85. The van der Waals surface area contributed by atoms with Gasteiger partial charge in [0.15, 0.2) is 0 Å². The zero-order chi connectivity index (χ0) is 8.59. The fraction of sp³-hybridized carbons (Fsp3) is 0.333. The molecule has 0 aromatic heterocycles. The Morgan fingerprint density at radius 1 is 1.18 bits per heavy atom. The monoisotopic (exact) mass is 169 g/mol. The Hall–Kier alpha value is -0.690. The predicted molar refractivity (Wildman–Crippen MR) is 50.1 cm³/mol. The molecule has 0 aliphatic rings. The number of aryl methyl sites for hydroxylation is 1. The van der Waals surface area contributed by atoms with E-state index in [4.69, 9.17) is 17.3 Å². The minimum atomic E-state index is 0.673. The molecule has 0 bridgehead atoms. The quantitative estimate of drug-likeness (QED) is 0.594. The second-order valence-corrected chi connectivity index (χ2v) is 3.22. The van der Waals surface area contributed by atoms with Gasteiger partial charge in [-0.15, -0.1) is 0 Å². The molecule has 0 unspecified atom stereocenters. The number of nitrogen functional groups attached to an aromatic ring is 1. The number of rotatable bonds is 0. The molecule has 2 N–H and O–H groups in total. The third-order valence-corrected chi connectivity index (χ3v) is 2.61. The van der Waals surface area contributed by atoms with Crippen molar-refractivity contribution >= 4 is 17.3 Å².